The predicted octanol–water partition coefficient (Wildman–Crippen LogP) is 2.83. The van der Waals surface area contributed by atoms with Crippen LogP contribution in [-0.4, -0.2) is 11.1 Å². The van der Waals surface area contributed by atoms with Crippen molar-refractivity contribution in [2.45, 2.75) is 13.5 Å². The summed E-state index contributed by atoms with van der Waals surface area (Å²) in [5, 5.41) is 0.692. The van der Waals surface area contributed by atoms with Crippen LogP contribution in [0.4, 0.5) is 0 Å². The van der Waals surface area contributed by atoms with E-state index < -0.39 is 0 Å². The SMILES string of the molecule is Cc1cc2c(=O)cc[nH]c2cc1OCc1ccccc1.O=C=O. The largest absolute Gasteiger partial charge is 0.489 e. The number of rotatable bonds is 3. The molecule has 0 aliphatic carbocycles. The van der Waals surface area contributed by atoms with Crippen molar-refractivity contribution >= 4 is 17.1 Å². The lowest BCUT2D eigenvalue weighted by atomic mass is 10.1. The minimum Gasteiger partial charge on any atom is -0.489 e. The Kier molecular flexibility index (Phi) is 5.45. The second-order valence-electron chi connectivity index (χ2n) is 4.86. The molecule has 5 heteroatoms. The topological polar surface area (TPSA) is 76.2 Å². The Bertz CT molecular complexity index is 878. The first-order valence-corrected chi connectivity index (χ1v) is 6.93. The number of aromatic nitrogens is 1. The van der Waals surface area contributed by atoms with Gasteiger partial charge in [-0.1, -0.05) is 30.3 Å². The van der Waals surface area contributed by atoms with Gasteiger partial charge < -0.3 is 9.72 Å². The zero-order valence-corrected chi connectivity index (χ0v) is 12.5. The molecular weight excluding hydrogens is 294 g/mol. The summed E-state index contributed by atoms with van der Waals surface area (Å²) in [4.78, 5) is 31.1. The van der Waals surface area contributed by atoms with Gasteiger partial charge in [-0.3, -0.25) is 4.79 Å². The van der Waals surface area contributed by atoms with Crippen molar-refractivity contribution < 1.29 is 14.3 Å². The van der Waals surface area contributed by atoms with Crippen molar-refractivity contribution in [1.82, 2.24) is 4.98 Å². The molecule has 0 fully saturated rings. The highest BCUT2D eigenvalue weighted by Crippen LogP contribution is 2.23. The molecule has 0 aliphatic heterocycles. The molecule has 5 nitrogen and oxygen atoms in total. The Hall–Kier alpha value is -3.17. The standard InChI is InChI=1S/C17H15NO2.CO2/c1-12-9-14-15(18-8-7-16(14)19)10-17(12)20-11-13-5-3-2-4-6-13;2-1-3/h2-10H,11H2,1H3,(H,18,19);. The molecule has 1 aromatic heterocycles. The quantitative estimate of drug-likeness (QED) is 0.807. The molecule has 0 bridgehead atoms. The van der Waals surface area contributed by atoms with E-state index in [9.17, 15) is 4.79 Å². The number of aromatic amines is 1. The summed E-state index contributed by atoms with van der Waals surface area (Å²) < 4.78 is 5.85. The maximum atomic E-state index is 11.8. The maximum Gasteiger partial charge on any atom is 0.373 e. The highest BCUT2D eigenvalue weighted by molar-refractivity contribution is 5.80. The number of H-pyrrole nitrogens is 1. The molecule has 0 atom stereocenters. The monoisotopic (exact) mass is 309 g/mol. The van der Waals surface area contributed by atoms with Gasteiger partial charge in [0, 0.05) is 23.7 Å². The summed E-state index contributed by atoms with van der Waals surface area (Å²) in [6, 6.07) is 15.3. The van der Waals surface area contributed by atoms with Crippen molar-refractivity contribution in [3.63, 3.8) is 0 Å². The number of carbonyl (C=O) groups excluding carboxylic acids is 2. The van der Waals surface area contributed by atoms with E-state index in [2.05, 4.69) is 4.98 Å². The first-order chi connectivity index (χ1) is 11.2. The van der Waals surface area contributed by atoms with Gasteiger partial charge in [0.05, 0.1) is 5.52 Å². The number of aryl methyl sites for hydroxylation is 1. The van der Waals surface area contributed by atoms with Gasteiger partial charge in [0.25, 0.3) is 0 Å². The van der Waals surface area contributed by atoms with Crippen molar-refractivity contribution in [3.8, 4) is 5.75 Å². The van der Waals surface area contributed by atoms with Gasteiger partial charge in [0.15, 0.2) is 5.43 Å². The summed E-state index contributed by atoms with van der Waals surface area (Å²) >= 11 is 0. The summed E-state index contributed by atoms with van der Waals surface area (Å²) in [6.45, 7) is 2.47. The zero-order valence-electron chi connectivity index (χ0n) is 12.5. The van der Waals surface area contributed by atoms with Crippen LogP contribution >= 0.6 is 0 Å². The Labute approximate surface area is 132 Å². The zero-order chi connectivity index (χ0) is 16.7. The fraction of sp³-hybridized carbons (Fsp3) is 0.111. The molecule has 116 valence electrons. The summed E-state index contributed by atoms with van der Waals surface area (Å²) in [5.74, 6) is 0.795. The lowest BCUT2D eigenvalue weighted by Crippen LogP contribution is -2.02. The van der Waals surface area contributed by atoms with Crippen LogP contribution < -0.4 is 10.2 Å². The van der Waals surface area contributed by atoms with Crippen molar-refractivity contribution in [3.05, 3.63) is 76.1 Å². The molecule has 0 unspecified atom stereocenters. The predicted molar refractivity (Wildman–Crippen MR) is 85.1 cm³/mol. The Balaban J connectivity index is 0.000000595. The van der Waals surface area contributed by atoms with E-state index >= 15 is 0 Å². The molecule has 1 N–H and O–H groups in total. The maximum absolute atomic E-state index is 11.8. The third-order valence-corrected chi connectivity index (χ3v) is 3.29. The van der Waals surface area contributed by atoms with Crippen molar-refractivity contribution in [1.29, 1.82) is 0 Å². The number of ether oxygens (including phenoxy) is 1. The molecule has 3 aromatic rings. The Morgan fingerprint density at radius 2 is 1.78 bits per heavy atom. The van der Waals surface area contributed by atoms with Gasteiger partial charge in [-0.25, -0.2) is 0 Å². The van der Waals surface area contributed by atoms with Crippen LogP contribution in [0.2, 0.25) is 0 Å². The normalized spacial score (nSPS) is 9.61. The highest BCUT2D eigenvalue weighted by atomic mass is 16.5. The van der Waals surface area contributed by atoms with Gasteiger partial charge in [0.1, 0.15) is 12.4 Å². The second kappa shape index (κ2) is 7.73. The summed E-state index contributed by atoms with van der Waals surface area (Å²) in [7, 11) is 0. The van der Waals surface area contributed by atoms with Gasteiger partial charge in [0.2, 0.25) is 0 Å². The van der Waals surface area contributed by atoms with E-state index in [-0.39, 0.29) is 11.6 Å². The second-order valence-corrected chi connectivity index (χ2v) is 4.86. The first kappa shape index (κ1) is 16.2. The van der Waals surface area contributed by atoms with E-state index in [1.807, 2.05) is 49.4 Å². The molecule has 23 heavy (non-hydrogen) atoms. The molecule has 2 aromatic carbocycles. The Morgan fingerprint density at radius 3 is 2.48 bits per heavy atom. The van der Waals surface area contributed by atoms with Crippen LogP contribution in [-0.2, 0) is 16.2 Å². The third-order valence-electron chi connectivity index (χ3n) is 3.29. The van der Waals surface area contributed by atoms with E-state index in [0.29, 0.717) is 12.0 Å². The van der Waals surface area contributed by atoms with Crippen LogP contribution in [0.15, 0.2) is 59.5 Å². The molecular formula is C18H15NO4. The van der Waals surface area contributed by atoms with Gasteiger partial charge in [-0.05, 0) is 24.1 Å². The van der Waals surface area contributed by atoms with E-state index in [0.717, 1.165) is 22.4 Å². The molecule has 1 heterocycles. The van der Waals surface area contributed by atoms with Gasteiger partial charge in [-0.15, -0.1) is 0 Å². The number of hydrogen-bond donors (Lipinski definition) is 1. The summed E-state index contributed by atoms with van der Waals surface area (Å²) in [6.07, 6.45) is 1.90. The van der Waals surface area contributed by atoms with Crippen molar-refractivity contribution in [2.24, 2.45) is 0 Å². The smallest absolute Gasteiger partial charge is 0.373 e. The first-order valence-electron chi connectivity index (χ1n) is 6.93. The molecule has 0 saturated carbocycles. The fourth-order valence-electron chi connectivity index (χ4n) is 2.20. The molecule has 3 rings (SSSR count). The van der Waals surface area contributed by atoms with Crippen LogP contribution in [0.3, 0.4) is 0 Å². The van der Waals surface area contributed by atoms with Gasteiger partial charge in [-0.2, -0.15) is 9.59 Å². The lowest BCUT2D eigenvalue weighted by Gasteiger charge is -2.10. The molecule has 0 saturated heterocycles. The third kappa shape index (κ3) is 4.15. The number of hydrogen-bond acceptors (Lipinski definition) is 4. The highest BCUT2D eigenvalue weighted by Gasteiger charge is 2.05. The van der Waals surface area contributed by atoms with Crippen LogP contribution in [0.1, 0.15) is 11.1 Å². The molecule has 0 spiro atoms. The number of nitrogens with one attached hydrogen (secondary N) is 1. The molecule has 0 amide bonds. The minimum absolute atomic E-state index is 0.0245. The molecule has 0 radical (unpaired) electrons. The number of pyridine rings is 1. The fourth-order valence-corrected chi connectivity index (χ4v) is 2.20. The van der Waals surface area contributed by atoms with Crippen LogP contribution in [0.5, 0.6) is 5.75 Å². The Morgan fingerprint density at radius 1 is 1.09 bits per heavy atom. The average Bonchev–Trinajstić information content (AvgIpc) is 2.56. The molecule has 0 aliphatic rings. The number of benzene rings is 2. The van der Waals surface area contributed by atoms with E-state index in [1.54, 1.807) is 6.20 Å². The summed E-state index contributed by atoms with van der Waals surface area (Å²) in [5.41, 5.74) is 2.90. The van der Waals surface area contributed by atoms with E-state index in [4.69, 9.17) is 14.3 Å². The average molecular weight is 309 g/mol. The van der Waals surface area contributed by atoms with Gasteiger partial charge >= 0.3 is 6.15 Å². The van der Waals surface area contributed by atoms with Crippen molar-refractivity contribution in [2.75, 3.05) is 0 Å². The van der Waals surface area contributed by atoms with E-state index in [1.165, 1.54) is 6.07 Å². The minimum atomic E-state index is 0.0245. The number of fused-ring (bicyclic) bond motifs is 1. The van der Waals surface area contributed by atoms with Crippen LogP contribution in [0, 0.1) is 6.92 Å². The lowest BCUT2D eigenvalue weighted by molar-refractivity contribution is -0.191. The van der Waals surface area contributed by atoms with Crippen LogP contribution in [0.25, 0.3) is 10.9 Å².